The van der Waals surface area contributed by atoms with E-state index in [-0.39, 0.29) is 32.4 Å². The monoisotopic (exact) mass is 585 g/mol. The number of aromatic nitrogens is 1. The summed E-state index contributed by atoms with van der Waals surface area (Å²) in [5.41, 5.74) is -2.16. The number of benzene rings is 2. The van der Waals surface area contributed by atoms with Gasteiger partial charge in [-0.05, 0) is 72.0 Å². The number of aryl methyl sites for hydroxylation is 1. The molecule has 0 aliphatic heterocycles. The number of carboxylic acid groups (broad SMARTS) is 1. The molecule has 0 spiro atoms. The minimum Gasteiger partial charge on any atom is -0.478 e. The topological polar surface area (TPSA) is 63.3 Å². The summed E-state index contributed by atoms with van der Waals surface area (Å²) in [5, 5.41) is 13.8. The van der Waals surface area contributed by atoms with Crippen LogP contribution in [0.2, 0.25) is 10.0 Å². The van der Waals surface area contributed by atoms with E-state index < -0.39 is 29.1 Å². The van der Waals surface area contributed by atoms with Gasteiger partial charge in [-0.3, -0.25) is 0 Å². The Labute approximate surface area is 217 Å². The third-order valence-electron chi connectivity index (χ3n) is 6.19. The van der Waals surface area contributed by atoms with Crippen molar-refractivity contribution in [3.8, 4) is 0 Å². The van der Waals surface area contributed by atoms with Crippen molar-refractivity contribution in [3.63, 3.8) is 0 Å². The van der Waals surface area contributed by atoms with E-state index in [0.717, 1.165) is 28.2 Å². The van der Waals surface area contributed by atoms with Gasteiger partial charge in [0.2, 0.25) is 0 Å². The zero-order valence-electron chi connectivity index (χ0n) is 18.3. The van der Waals surface area contributed by atoms with Crippen molar-refractivity contribution in [1.29, 1.82) is 0 Å². The van der Waals surface area contributed by atoms with Gasteiger partial charge < -0.3 is 9.63 Å². The normalized spacial score (nSPS) is 20.7. The molecule has 3 aromatic rings. The first kappa shape index (κ1) is 25.5. The molecule has 2 atom stereocenters. The molecule has 0 fully saturated rings. The van der Waals surface area contributed by atoms with E-state index in [0.29, 0.717) is 5.56 Å². The van der Waals surface area contributed by atoms with Crippen LogP contribution in [0.3, 0.4) is 0 Å². The largest absolute Gasteiger partial charge is 0.478 e. The third kappa shape index (κ3) is 4.32. The van der Waals surface area contributed by atoms with Crippen molar-refractivity contribution >= 4 is 50.7 Å². The summed E-state index contributed by atoms with van der Waals surface area (Å²) < 4.78 is 51.8. The number of carboxylic acids is 1. The van der Waals surface area contributed by atoms with E-state index in [1.165, 1.54) is 25.3 Å². The number of carbonyl (C=O) groups is 1. The van der Waals surface area contributed by atoms with Crippen LogP contribution in [0, 0.1) is 6.92 Å². The number of alkyl halides is 3. The molecule has 1 N–H and O–H groups in total. The average Bonchev–Trinajstić information content (AvgIpc) is 3.28. The predicted octanol–water partition coefficient (Wildman–Crippen LogP) is 8.13. The van der Waals surface area contributed by atoms with Gasteiger partial charge in [0.15, 0.2) is 0 Å². The Bertz CT molecular complexity index is 1360. The highest BCUT2D eigenvalue weighted by molar-refractivity contribution is 9.10. The third-order valence-corrected chi connectivity index (χ3v) is 7.51. The summed E-state index contributed by atoms with van der Waals surface area (Å²) in [6.07, 6.45) is -3.07. The first-order valence-corrected chi connectivity index (χ1v) is 11.8. The minimum atomic E-state index is -4.98. The number of aliphatic carboxylic acids is 1. The maximum atomic E-state index is 15.4. The maximum Gasteiger partial charge on any atom is 0.402 e. The number of hydrogen-bond donors (Lipinski definition) is 1. The van der Waals surface area contributed by atoms with Crippen molar-refractivity contribution in [3.05, 3.63) is 103 Å². The molecule has 0 saturated heterocycles. The molecule has 4 nitrogen and oxygen atoms in total. The van der Waals surface area contributed by atoms with Crippen molar-refractivity contribution in [2.24, 2.45) is 0 Å². The van der Waals surface area contributed by atoms with Crippen LogP contribution in [-0.4, -0.2) is 22.4 Å². The van der Waals surface area contributed by atoms with Crippen LogP contribution >= 0.6 is 39.1 Å². The maximum absolute atomic E-state index is 15.4. The van der Waals surface area contributed by atoms with Crippen LogP contribution in [0.25, 0.3) is 5.57 Å². The van der Waals surface area contributed by atoms with Gasteiger partial charge in [-0.25, -0.2) is 4.79 Å². The van der Waals surface area contributed by atoms with Gasteiger partial charge in [0.25, 0.3) is 0 Å². The molecule has 0 saturated carbocycles. The molecule has 182 valence electrons. The highest BCUT2D eigenvalue weighted by atomic mass is 79.9. The first-order valence-electron chi connectivity index (χ1n) is 10.2. The van der Waals surface area contributed by atoms with E-state index in [1.54, 1.807) is 25.1 Å². The Kier molecular flexibility index (Phi) is 6.68. The van der Waals surface area contributed by atoms with Crippen molar-refractivity contribution < 1.29 is 27.6 Å². The molecular formula is C25H17BrCl2F3NO3. The summed E-state index contributed by atoms with van der Waals surface area (Å²) in [4.78, 5) is 12.3. The lowest BCUT2D eigenvalue weighted by Gasteiger charge is -2.44. The second-order valence-corrected chi connectivity index (χ2v) is 9.98. The fourth-order valence-corrected chi connectivity index (χ4v) is 5.40. The quantitative estimate of drug-likeness (QED) is 0.335. The van der Waals surface area contributed by atoms with E-state index in [1.807, 2.05) is 0 Å². The lowest BCUT2D eigenvalue weighted by Crippen LogP contribution is -2.48. The van der Waals surface area contributed by atoms with Crippen molar-refractivity contribution in [2.45, 2.75) is 31.4 Å². The molecule has 35 heavy (non-hydrogen) atoms. The molecule has 2 aromatic carbocycles. The average molecular weight is 587 g/mol. The summed E-state index contributed by atoms with van der Waals surface area (Å²) in [5.74, 6) is -2.99. The molecule has 2 unspecified atom stereocenters. The molecule has 1 aliphatic rings. The zero-order valence-corrected chi connectivity index (χ0v) is 21.4. The smallest absolute Gasteiger partial charge is 0.402 e. The Morgan fingerprint density at radius 3 is 2.29 bits per heavy atom. The Morgan fingerprint density at radius 1 is 1.11 bits per heavy atom. The molecule has 1 aliphatic carbocycles. The van der Waals surface area contributed by atoms with E-state index in [9.17, 15) is 9.90 Å². The van der Waals surface area contributed by atoms with Crippen LogP contribution in [0.1, 0.15) is 35.2 Å². The Morgan fingerprint density at radius 2 is 1.77 bits per heavy atom. The second-order valence-electron chi connectivity index (χ2n) is 8.25. The van der Waals surface area contributed by atoms with Crippen LogP contribution in [0.5, 0.6) is 0 Å². The van der Waals surface area contributed by atoms with E-state index in [4.69, 9.17) is 27.7 Å². The molecule has 10 heteroatoms. The lowest BCUT2D eigenvalue weighted by molar-refractivity contribution is -0.179. The van der Waals surface area contributed by atoms with Gasteiger partial charge in [0.05, 0.1) is 17.2 Å². The lowest BCUT2D eigenvalue weighted by atomic mass is 9.59. The Hall–Kier alpha value is -2.55. The van der Waals surface area contributed by atoms with Crippen LogP contribution in [-0.2, 0) is 10.2 Å². The summed E-state index contributed by atoms with van der Waals surface area (Å²) in [6, 6.07) is 9.99. The summed E-state index contributed by atoms with van der Waals surface area (Å²) in [6.45, 7) is 3.28. The van der Waals surface area contributed by atoms with Gasteiger partial charge in [-0.2, -0.15) is 13.2 Å². The minimum absolute atomic E-state index is 0.0194. The van der Waals surface area contributed by atoms with Crippen LogP contribution in [0.15, 0.2) is 74.9 Å². The molecule has 1 aromatic heterocycles. The van der Waals surface area contributed by atoms with Gasteiger partial charge in [-0.15, -0.1) is 0 Å². The number of allylic oxidation sites excluding steroid dienone is 2. The van der Waals surface area contributed by atoms with Gasteiger partial charge in [0, 0.05) is 20.6 Å². The zero-order chi connectivity index (χ0) is 25.7. The number of rotatable bonds is 4. The van der Waals surface area contributed by atoms with Crippen molar-refractivity contribution in [2.75, 3.05) is 0 Å². The molecule has 4 rings (SSSR count). The SMILES string of the molecule is CC1=C(c2ccc(Br)c(C)c2)C(c2ccon2)C(c2cc(Cl)cc(Cl)c2)(C(F)(F)F)C=C1C(=O)O. The predicted molar refractivity (Wildman–Crippen MR) is 131 cm³/mol. The Balaban J connectivity index is 2.20. The highest BCUT2D eigenvalue weighted by Gasteiger charge is 2.63. The molecule has 1 heterocycles. The number of halogens is 6. The van der Waals surface area contributed by atoms with Gasteiger partial charge in [0.1, 0.15) is 11.7 Å². The molecule has 0 radical (unpaired) electrons. The number of nitrogens with zero attached hydrogens (tertiary/aromatic N) is 1. The molecule has 0 bridgehead atoms. The second kappa shape index (κ2) is 9.15. The van der Waals surface area contributed by atoms with Gasteiger partial charge >= 0.3 is 12.1 Å². The molecule has 0 amide bonds. The first-order chi connectivity index (χ1) is 16.4. The van der Waals surface area contributed by atoms with Crippen LogP contribution < -0.4 is 0 Å². The summed E-state index contributed by atoms with van der Waals surface area (Å²) in [7, 11) is 0. The summed E-state index contributed by atoms with van der Waals surface area (Å²) >= 11 is 15.7. The van der Waals surface area contributed by atoms with E-state index >= 15 is 13.2 Å². The van der Waals surface area contributed by atoms with Crippen LogP contribution in [0.4, 0.5) is 13.2 Å². The highest BCUT2D eigenvalue weighted by Crippen LogP contribution is 2.60. The standard InChI is InChI=1S/C25H17BrCl2F3NO3/c1-12-7-14(3-4-19(12)26)21-13(2)18(23(33)34)11-24(25(29,30)31,22(21)20-5-6-35-32-20)15-8-16(27)10-17(28)9-15/h3-11,22H,1-2H3,(H,33,34). The fourth-order valence-electron chi connectivity index (χ4n) is 4.63. The van der Waals surface area contributed by atoms with E-state index in [2.05, 4.69) is 21.1 Å². The van der Waals surface area contributed by atoms with Crippen molar-refractivity contribution in [1.82, 2.24) is 5.16 Å². The molecular weight excluding hydrogens is 570 g/mol. The van der Waals surface area contributed by atoms with Gasteiger partial charge in [-0.1, -0.05) is 56.4 Å². The fraction of sp³-hybridized carbons (Fsp3) is 0.200. The number of hydrogen-bond acceptors (Lipinski definition) is 3.